The second-order valence-electron chi connectivity index (χ2n) is 7.24. The molecular weight excluding hydrogens is 368 g/mol. The van der Waals surface area contributed by atoms with Crippen molar-refractivity contribution in [2.45, 2.75) is 6.10 Å². The first-order valence-electron chi connectivity index (χ1n) is 9.53. The fourth-order valence-corrected chi connectivity index (χ4v) is 3.47. The number of anilines is 1. The largest absolute Gasteiger partial charge is 0.497 e. The maximum absolute atomic E-state index is 12.2. The minimum atomic E-state index is -0.158. The van der Waals surface area contributed by atoms with Crippen LogP contribution < -0.4 is 9.64 Å². The Kier molecular flexibility index (Phi) is 5.31. The molecule has 150 valence electrons. The van der Waals surface area contributed by atoms with Crippen molar-refractivity contribution < 1.29 is 14.3 Å². The smallest absolute Gasteiger partial charge is 0.273 e. The fraction of sp³-hybridized carbons (Fsp3) is 0.318. The van der Waals surface area contributed by atoms with Crippen LogP contribution in [-0.4, -0.2) is 61.7 Å². The molecule has 3 aromatic rings. The van der Waals surface area contributed by atoms with Gasteiger partial charge >= 0.3 is 0 Å². The summed E-state index contributed by atoms with van der Waals surface area (Å²) in [7, 11) is 5.08. The van der Waals surface area contributed by atoms with Crippen molar-refractivity contribution in [3.63, 3.8) is 0 Å². The molecule has 1 amide bonds. The quantitative estimate of drug-likeness (QED) is 0.680. The Morgan fingerprint density at radius 3 is 2.76 bits per heavy atom. The third-order valence-electron chi connectivity index (χ3n) is 5.08. The van der Waals surface area contributed by atoms with Gasteiger partial charge in [-0.05, 0) is 34.5 Å². The van der Waals surface area contributed by atoms with E-state index in [0.29, 0.717) is 31.2 Å². The van der Waals surface area contributed by atoms with Gasteiger partial charge in [-0.15, -0.1) is 0 Å². The van der Waals surface area contributed by atoms with Gasteiger partial charge in [-0.1, -0.05) is 18.2 Å². The van der Waals surface area contributed by atoms with E-state index in [2.05, 4.69) is 39.1 Å². The molecule has 0 aliphatic carbocycles. The van der Waals surface area contributed by atoms with E-state index in [1.165, 1.54) is 11.1 Å². The lowest BCUT2D eigenvalue weighted by molar-refractivity contribution is 0.0396. The van der Waals surface area contributed by atoms with Crippen molar-refractivity contribution >= 4 is 22.5 Å². The Bertz CT molecular complexity index is 1040. The van der Waals surface area contributed by atoms with E-state index in [-0.39, 0.29) is 12.0 Å². The summed E-state index contributed by atoms with van der Waals surface area (Å²) in [6.45, 7) is 1.93. The highest BCUT2D eigenvalue weighted by Crippen LogP contribution is 2.29. The number of ether oxygens (including phenoxy) is 2. The lowest BCUT2D eigenvalue weighted by Crippen LogP contribution is -2.39. The first-order chi connectivity index (χ1) is 14.0. The van der Waals surface area contributed by atoms with Crippen molar-refractivity contribution in [3.8, 4) is 5.75 Å². The lowest BCUT2D eigenvalue weighted by Gasteiger charge is -2.34. The van der Waals surface area contributed by atoms with Gasteiger partial charge in [0, 0.05) is 27.2 Å². The highest BCUT2D eigenvalue weighted by molar-refractivity contribution is 5.92. The maximum atomic E-state index is 12.2. The molecule has 0 bridgehead atoms. The number of fused-ring (bicyclic) bond motifs is 1. The maximum Gasteiger partial charge on any atom is 0.273 e. The van der Waals surface area contributed by atoms with Crippen LogP contribution in [0.2, 0.25) is 0 Å². The first-order valence-corrected chi connectivity index (χ1v) is 9.53. The average molecular weight is 392 g/mol. The molecule has 7 nitrogen and oxygen atoms in total. The number of nitrogens with zero attached hydrogens (tertiary/aromatic N) is 4. The van der Waals surface area contributed by atoms with Gasteiger partial charge in [0.25, 0.3) is 5.91 Å². The van der Waals surface area contributed by atoms with Crippen LogP contribution in [0.25, 0.3) is 10.8 Å². The molecule has 1 aromatic heterocycles. The summed E-state index contributed by atoms with van der Waals surface area (Å²) in [5, 5.41) is 2.27. The predicted octanol–water partition coefficient (Wildman–Crippen LogP) is 2.92. The van der Waals surface area contributed by atoms with Crippen molar-refractivity contribution in [2.75, 3.05) is 45.8 Å². The van der Waals surface area contributed by atoms with Crippen molar-refractivity contribution in [2.24, 2.45) is 0 Å². The van der Waals surface area contributed by atoms with Crippen molar-refractivity contribution in [3.05, 3.63) is 60.0 Å². The van der Waals surface area contributed by atoms with Crippen LogP contribution in [0.15, 0.2) is 48.8 Å². The third-order valence-corrected chi connectivity index (χ3v) is 5.08. The molecular formula is C22H24N4O3. The molecule has 1 saturated heterocycles. The summed E-state index contributed by atoms with van der Waals surface area (Å²) in [5.41, 5.74) is 1.45. The summed E-state index contributed by atoms with van der Waals surface area (Å²) in [6.07, 6.45) is 3.12. The Morgan fingerprint density at radius 2 is 1.97 bits per heavy atom. The van der Waals surface area contributed by atoms with Gasteiger partial charge in [0.1, 0.15) is 23.4 Å². The van der Waals surface area contributed by atoms with E-state index < -0.39 is 0 Å². The van der Waals surface area contributed by atoms with Crippen LogP contribution in [0, 0.1) is 0 Å². The second kappa shape index (κ2) is 8.05. The number of aromatic nitrogens is 2. The SMILES string of the molecule is COc1ccc2cc([C@H]3CN(c4cncc(C(=O)N(C)C)n4)CCO3)ccc2c1. The van der Waals surface area contributed by atoms with Crippen LogP contribution in [0.1, 0.15) is 22.2 Å². The predicted molar refractivity (Wildman–Crippen MR) is 111 cm³/mol. The Morgan fingerprint density at radius 1 is 1.17 bits per heavy atom. The molecule has 4 rings (SSSR count). The van der Waals surface area contributed by atoms with Gasteiger partial charge in [0.15, 0.2) is 0 Å². The molecule has 2 aromatic carbocycles. The van der Waals surface area contributed by atoms with E-state index in [4.69, 9.17) is 9.47 Å². The van der Waals surface area contributed by atoms with Gasteiger partial charge in [-0.3, -0.25) is 9.78 Å². The van der Waals surface area contributed by atoms with Crippen LogP contribution >= 0.6 is 0 Å². The number of morpholine rings is 1. The molecule has 2 heterocycles. The number of amides is 1. The van der Waals surface area contributed by atoms with Crippen LogP contribution in [0.3, 0.4) is 0 Å². The topological polar surface area (TPSA) is 67.8 Å². The van der Waals surface area contributed by atoms with Gasteiger partial charge in [-0.2, -0.15) is 0 Å². The molecule has 0 N–H and O–H groups in total. The lowest BCUT2D eigenvalue weighted by atomic mass is 10.0. The molecule has 1 atom stereocenters. The normalized spacial score (nSPS) is 16.7. The van der Waals surface area contributed by atoms with Gasteiger partial charge < -0.3 is 19.3 Å². The highest BCUT2D eigenvalue weighted by atomic mass is 16.5. The molecule has 0 unspecified atom stereocenters. The van der Waals surface area contributed by atoms with Crippen LogP contribution in [0.5, 0.6) is 5.75 Å². The summed E-state index contributed by atoms with van der Waals surface area (Å²) >= 11 is 0. The second-order valence-corrected chi connectivity index (χ2v) is 7.24. The van der Waals surface area contributed by atoms with Crippen LogP contribution in [-0.2, 0) is 4.74 Å². The fourth-order valence-electron chi connectivity index (χ4n) is 3.47. The van der Waals surface area contributed by atoms with Crippen molar-refractivity contribution in [1.82, 2.24) is 14.9 Å². The highest BCUT2D eigenvalue weighted by Gasteiger charge is 2.24. The first kappa shape index (κ1) is 19.1. The average Bonchev–Trinajstić information content (AvgIpc) is 2.78. The molecule has 0 radical (unpaired) electrons. The third kappa shape index (κ3) is 4.00. The zero-order chi connectivity index (χ0) is 20.4. The Balaban J connectivity index is 1.56. The molecule has 0 saturated carbocycles. The summed E-state index contributed by atoms with van der Waals surface area (Å²) < 4.78 is 11.3. The Labute approximate surface area is 169 Å². The van der Waals surface area contributed by atoms with Gasteiger partial charge in [-0.25, -0.2) is 4.98 Å². The molecule has 29 heavy (non-hydrogen) atoms. The van der Waals surface area contributed by atoms with E-state index in [9.17, 15) is 4.79 Å². The number of carbonyl (C=O) groups is 1. The standard InChI is InChI=1S/C22H24N4O3/c1-25(2)22(27)19-12-23-13-21(24-19)26-8-9-29-20(14-26)17-5-4-16-11-18(28-3)7-6-15(16)10-17/h4-7,10-13,20H,8-9,14H2,1-3H3/t20-/m1/s1. The van der Waals surface area contributed by atoms with Gasteiger partial charge in [0.05, 0.1) is 26.1 Å². The van der Waals surface area contributed by atoms with Gasteiger partial charge in [0.2, 0.25) is 0 Å². The molecule has 1 fully saturated rings. The number of hydrogen-bond acceptors (Lipinski definition) is 6. The summed E-state index contributed by atoms with van der Waals surface area (Å²) in [6, 6.07) is 12.4. The zero-order valence-corrected chi connectivity index (χ0v) is 16.8. The zero-order valence-electron chi connectivity index (χ0n) is 16.8. The number of rotatable bonds is 4. The molecule has 1 aliphatic rings. The van der Waals surface area contributed by atoms with Crippen LogP contribution in [0.4, 0.5) is 5.82 Å². The summed E-state index contributed by atoms with van der Waals surface area (Å²) in [4.78, 5) is 24.6. The number of carbonyl (C=O) groups excluding carboxylic acids is 1. The molecule has 1 aliphatic heterocycles. The molecule has 0 spiro atoms. The van der Waals surface area contributed by atoms with E-state index >= 15 is 0 Å². The number of benzene rings is 2. The molecule has 7 heteroatoms. The van der Waals surface area contributed by atoms with E-state index in [1.54, 1.807) is 27.4 Å². The monoisotopic (exact) mass is 392 g/mol. The van der Waals surface area contributed by atoms with Crippen molar-refractivity contribution in [1.29, 1.82) is 0 Å². The number of hydrogen-bond donors (Lipinski definition) is 0. The number of methoxy groups -OCH3 is 1. The Hall–Kier alpha value is -3.19. The summed E-state index contributed by atoms with van der Waals surface area (Å²) in [5.74, 6) is 1.38. The van der Waals surface area contributed by atoms with E-state index in [0.717, 1.165) is 22.1 Å². The minimum absolute atomic E-state index is 0.0785. The van der Waals surface area contributed by atoms with E-state index in [1.807, 2.05) is 12.1 Å². The minimum Gasteiger partial charge on any atom is -0.497 e.